The van der Waals surface area contributed by atoms with E-state index in [1.807, 2.05) is 69.3 Å². The summed E-state index contributed by atoms with van der Waals surface area (Å²) in [5.41, 5.74) is 1.60. The highest BCUT2D eigenvalue weighted by Gasteiger charge is 2.28. The Hall–Kier alpha value is -1.50. The van der Waals surface area contributed by atoms with Crippen molar-refractivity contribution in [1.82, 2.24) is 10.2 Å². The summed E-state index contributed by atoms with van der Waals surface area (Å²) in [7, 11) is 0. The topological polar surface area (TPSA) is 49.4 Å². The predicted octanol–water partition coefficient (Wildman–Crippen LogP) is 5.67. The van der Waals surface area contributed by atoms with Crippen LogP contribution >= 0.6 is 39.3 Å². The van der Waals surface area contributed by atoms with Gasteiger partial charge in [-0.15, -0.1) is 11.8 Å². The Kier molecular flexibility index (Phi) is 9.26. The van der Waals surface area contributed by atoms with E-state index < -0.39 is 6.04 Å². The molecule has 2 aromatic rings. The number of nitrogens with one attached hydrogen (secondary N) is 1. The summed E-state index contributed by atoms with van der Waals surface area (Å²) >= 11 is 11.1. The molecular formula is C23H28BrClN2O2S. The van der Waals surface area contributed by atoms with Crippen molar-refractivity contribution in [3.05, 3.63) is 69.2 Å². The van der Waals surface area contributed by atoms with E-state index in [4.69, 9.17) is 11.6 Å². The highest BCUT2D eigenvalue weighted by Crippen LogP contribution is 2.22. The molecule has 30 heavy (non-hydrogen) atoms. The number of carbonyl (C=O) groups is 2. The van der Waals surface area contributed by atoms with Crippen molar-refractivity contribution in [2.45, 2.75) is 51.6 Å². The summed E-state index contributed by atoms with van der Waals surface area (Å²) in [6.45, 7) is 7.93. The maximum Gasteiger partial charge on any atom is 0.242 e. The lowest BCUT2D eigenvalue weighted by molar-refractivity contribution is -0.139. The number of carbonyl (C=O) groups excluding carboxylic acids is 2. The summed E-state index contributed by atoms with van der Waals surface area (Å²) in [4.78, 5) is 27.5. The van der Waals surface area contributed by atoms with Crippen LogP contribution in [0.25, 0.3) is 0 Å². The Bertz CT molecular complexity index is 868. The largest absolute Gasteiger partial charge is 0.350 e. The van der Waals surface area contributed by atoms with Crippen molar-refractivity contribution in [2.24, 2.45) is 0 Å². The highest BCUT2D eigenvalue weighted by molar-refractivity contribution is 9.10. The van der Waals surface area contributed by atoms with Crippen LogP contribution in [0.4, 0.5) is 0 Å². The van der Waals surface area contributed by atoms with Gasteiger partial charge in [-0.3, -0.25) is 9.59 Å². The van der Waals surface area contributed by atoms with Gasteiger partial charge in [0.15, 0.2) is 0 Å². The van der Waals surface area contributed by atoms with Crippen LogP contribution in [0.3, 0.4) is 0 Å². The van der Waals surface area contributed by atoms with E-state index in [2.05, 4.69) is 21.2 Å². The van der Waals surface area contributed by atoms with E-state index >= 15 is 0 Å². The quantitative estimate of drug-likeness (QED) is 0.497. The van der Waals surface area contributed by atoms with Crippen LogP contribution in [0.5, 0.6) is 0 Å². The molecule has 162 valence electrons. The molecule has 2 rings (SSSR count). The Morgan fingerprint density at radius 1 is 1.13 bits per heavy atom. The summed E-state index contributed by atoms with van der Waals surface area (Å²) in [5, 5.41) is 3.67. The van der Waals surface area contributed by atoms with Gasteiger partial charge in [0, 0.05) is 27.3 Å². The van der Waals surface area contributed by atoms with Gasteiger partial charge in [-0.05, 0) is 57.0 Å². The molecule has 0 aliphatic heterocycles. The molecule has 7 heteroatoms. The molecule has 2 aromatic carbocycles. The summed E-state index contributed by atoms with van der Waals surface area (Å²) in [5.74, 6) is 0.672. The van der Waals surface area contributed by atoms with Crippen LogP contribution in [0.1, 0.15) is 38.8 Å². The third-order valence-corrected chi connectivity index (χ3v) is 6.24. The van der Waals surface area contributed by atoms with E-state index in [1.165, 1.54) is 11.8 Å². The number of thioether (sulfide) groups is 1. The van der Waals surface area contributed by atoms with Crippen LogP contribution < -0.4 is 5.32 Å². The second-order valence-corrected chi connectivity index (χ2v) is 10.5. The van der Waals surface area contributed by atoms with Crippen molar-refractivity contribution in [3.63, 3.8) is 0 Å². The average Bonchev–Trinajstić information content (AvgIpc) is 2.67. The van der Waals surface area contributed by atoms with E-state index in [-0.39, 0.29) is 23.1 Å². The minimum absolute atomic E-state index is 0.0773. The first-order chi connectivity index (χ1) is 14.1. The molecule has 0 fully saturated rings. The fraction of sp³-hybridized carbons (Fsp3) is 0.391. The number of hydrogen-bond donors (Lipinski definition) is 1. The molecule has 0 aliphatic carbocycles. The first kappa shape index (κ1) is 24.8. The lowest BCUT2D eigenvalue weighted by Crippen LogP contribution is -2.52. The molecule has 1 atom stereocenters. The smallest absolute Gasteiger partial charge is 0.242 e. The van der Waals surface area contributed by atoms with Gasteiger partial charge in [-0.2, -0.15) is 0 Å². The molecule has 0 aliphatic rings. The zero-order valence-electron chi connectivity index (χ0n) is 17.7. The molecule has 0 saturated heterocycles. The molecule has 0 radical (unpaired) electrons. The SMILES string of the molecule is C[C@H](C(=O)NC(C)(C)C)N(Cc1ccc(Br)cc1)C(=O)CSCc1ccccc1Cl. The minimum Gasteiger partial charge on any atom is -0.350 e. The van der Waals surface area contributed by atoms with Crippen LogP contribution in [0.2, 0.25) is 5.02 Å². The first-order valence-corrected chi connectivity index (χ1v) is 12.1. The molecule has 0 saturated carbocycles. The lowest BCUT2D eigenvalue weighted by Gasteiger charge is -2.31. The second-order valence-electron chi connectivity index (χ2n) is 8.15. The normalized spacial score (nSPS) is 12.3. The molecule has 0 unspecified atom stereocenters. The van der Waals surface area contributed by atoms with Crippen LogP contribution in [0.15, 0.2) is 53.0 Å². The van der Waals surface area contributed by atoms with Gasteiger partial charge in [0.25, 0.3) is 0 Å². The zero-order valence-corrected chi connectivity index (χ0v) is 20.9. The summed E-state index contributed by atoms with van der Waals surface area (Å²) < 4.78 is 0.970. The molecule has 1 N–H and O–H groups in total. The molecule has 0 bridgehead atoms. The summed E-state index contributed by atoms with van der Waals surface area (Å²) in [6.07, 6.45) is 0. The predicted molar refractivity (Wildman–Crippen MR) is 130 cm³/mol. The zero-order chi connectivity index (χ0) is 22.3. The van der Waals surface area contributed by atoms with Crippen LogP contribution in [-0.2, 0) is 21.9 Å². The van der Waals surface area contributed by atoms with Crippen molar-refractivity contribution in [1.29, 1.82) is 0 Å². The Morgan fingerprint density at radius 2 is 1.77 bits per heavy atom. The Labute approximate surface area is 196 Å². The lowest BCUT2D eigenvalue weighted by atomic mass is 10.1. The van der Waals surface area contributed by atoms with Gasteiger partial charge in [0.1, 0.15) is 6.04 Å². The van der Waals surface area contributed by atoms with Gasteiger partial charge in [-0.25, -0.2) is 0 Å². The maximum atomic E-state index is 13.1. The molecule has 2 amide bonds. The van der Waals surface area contributed by atoms with Gasteiger partial charge in [0.2, 0.25) is 11.8 Å². The van der Waals surface area contributed by atoms with E-state index in [0.29, 0.717) is 17.3 Å². The van der Waals surface area contributed by atoms with Crippen molar-refractivity contribution < 1.29 is 9.59 Å². The van der Waals surface area contributed by atoms with Crippen molar-refractivity contribution in [3.8, 4) is 0 Å². The van der Waals surface area contributed by atoms with Crippen molar-refractivity contribution >= 4 is 51.1 Å². The molecule has 0 aromatic heterocycles. The van der Waals surface area contributed by atoms with Crippen LogP contribution in [-0.4, -0.2) is 34.0 Å². The molecule has 0 spiro atoms. The van der Waals surface area contributed by atoms with Gasteiger partial charge >= 0.3 is 0 Å². The number of benzene rings is 2. The van der Waals surface area contributed by atoms with Crippen molar-refractivity contribution in [2.75, 3.05) is 5.75 Å². The van der Waals surface area contributed by atoms with Gasteiger partial charge < -0.3 is 10.2 Å². The molecular weight excluding hydrogens is 484 g/mol. The molecule has 4 nitrogen and oxygen atoms in total. The number of nitrogens with zero attached hydrogens (tertiary/aromatic N) is 1. The third kappa shape index (κ3) is 7.97. The minimum atomic E-state index is -0.582. The summed E-state index contributed by atoms with van der Waals surface area (Å²) in [6, 6.07) is 14.8. The monoisotopic (exact) mass is 510 g/mol. The van der Waals surface area contributed by atoms with Gasteiger partial charge in [0.05, 0.1) is 5.75 Å². The fourth-order valence-electron chi connectivity index (χ4n) is 2.79. The Balaban J connectivity index is 2.10. The van der Waals surface area contributed by atoms with E-state index in [0.717, 1.165) is 15.6 Å². The number of hydrogen-bond acceptors (Lipinski definition) is 3. The number of halogens is 2. The fourth-order valence-corrected chi connectivity index (χ4v) is 4.25. The average molecular weight is 512 g/mol. The first-order valence-electron chi connectivity index (χ1n) is 9.74. The van der Waals surface area contributed by atoms with E-state index in [1.54, 1.807) is 11.8 Å². The van der Waals surface area contributed by atoms with E-state index in [9.17, 15) is 9.59 Å². The standard InChI is InChI=1S/C23H28BrClN2O2S/c1-16(22(29)26-23(2,3)4)27(13-17-9-11-19(24)12-10-17)21(28)15-30-14-18-7-5-6-8-20(18)25/h5-12,16H,13-15H2,1-4H3,(H,26,29)/t16-/m1/s1. The van der Waals surface area contributed by atoms with Crippen LogP contribution in [0, 0.1) is 0 Å². The highest BCUT2D eigenvalue weighted by atomic mass is 79.9. The number of rotatable bonds is 8. The number of amides is 2. The Morgan fingerprint density at radius 3 is 2.37 bits per heavy atom. The van der Waals surface area contributed by atoms with Gasteiger partial charge in [-0.1, -0.05) is 57.9 Å². The maximum absolute atomic E-state index is 13.1. The molecule has 0 heterocycles. The third-order valence-electron chi connectivity index (χ3n) is 4.37. The second kappa shape index (κ2) is 11.2.